The number of nitrogens with zero attached hydrogens (tertiary/aromatic N) is 2. The number of aromatic nitrogens is 2. The summed E-state index contributed by atoms with van der Waals surface area (Å²) in [5, 5.41) is 8.63. The Morgan fingerprint density at radius 2 is 2.27 bits per heavy atom. The van der Waals surface area contributed by atoms with Gasteiger partial charge in [0.15, 0.2) is 0 Å². The molecule has 0 unspecified atom stereocenters. The molecule has 0 radical (unpaired) electrons. The summed E-state index contributed by atoms with van der Waals surface area (Å²) in [4.78, 5) is 14.4. The van der Waals surface area contributed by atoms with Crippen molar-refractivity contribution in [1.29, 1.82) is 0 Å². The fourth-order valence-corrected chi connectivity index (χ4v) is 1.25. The summed E-state index contributed by atoms with van der Waals surface area (Å²) in [6.07, 6.45) is 4.72. The van der Waals surface area contributed by atoms with Crippen LogP contribution in [0.2, 0.25) is 0 Å². The van der Waals surface area contributed by atoms with Crippen LogP contribution in [0.3, 0.4) is 0 Å². The fourth-order valence-electron chi connectivity index (χ4n) is 1.25. The van der Waals surface area contributed by atoms with Crippen molar-refractivity contribution in [3.8, 4) is 5.69 Å². The Labute approximate surface area is 84.6 Å². The molecule has 4 nitrogen and oxygen atoms in total. The predicted octanol–water partition coefficient (Wildman–Crippen LogP) is 1.71. The predicted molar refractivity (Wildman–Crippen MR) is 50.5 cm³/mol. The third-order valence-electron chi connectivity index (χ3n) is 1.99. The number of rotatable bonds is 2. The van der Waals surface area contributed by atoms with Gasteiger partial charge in [-0.05, 0) is 18.2 Å². The van der Waals surface area contributed by atoms with Gasteiger partial charge in [0, 0.05) is 18.1 Å². The van der Waals surface area contributed by atoms with Crippen molar-refractivity contribution in [2.45, 2.75) is 0 Å². The van der Waals surface area contributed by atoms with E-state index in [0.717, 1.165) is 6.07 Å². The summed E-state index contributed by atoms with van der Waals surface area (Å²) in [6.45, 7) is 0. The second kappa shape index (κ2) is 3.53. The second-order valence-electron chi connectivity index (χ2n) is 2.94. The number of carbonyl (C=O) groups is 1. The third kappa shape index (κ3) is 1.71. The molecule has 15 heavy (non-hydrogen) atoms. The minimum Gasteiger partial charge on any atom is -0.478 e. The summed E-state index contributed by atoms with van der Waals surface area (Å²) in [7, 11) is 0. The molecule has 1 aromatic carbocycles. The molecule has 0 amide bonds. The van der Waals surface area contributed by atoms with E-state index in [1.165, 1.54) is 18.5 Å². The summed E-state index contributed by atoms with van der Waals surface area (Å²) in [6, 6.07) is 3.91. The highest BCUT2D eigenvalue weighted by atomic mass is 19.1. The van der Waals surface area contributed by atoms with Gasteiger partial charge in [0.2, 0.25) is 0 Å². The number of imidazole rings is 1. The molecule has 2 rings (SSSR count). The van der Waals surface area contributed by atoms with E-state index in [1.807, 2.05) is 0 Å². The van der Waals surface area contributed by atoms with Crippen LogP contribution in [0.15, 0.2) is 36.9 Å². The topological polar surface area (TPSA) is 55.1 Å². The van der Waals surface area contributed by atoms with Crippen molar-refractivity contribution in [3.05, 3.63) is 48.3 Å². The van der Waals surface area contributed by atoms with Crippen molar-refractivity contribution >= 4 is 5.97 Å². The number of carboxylic acids is 1. The Hall–Kier alpha value is -2.17. The van der Waals surface area contributed by atoms with Gasteiger partial charge in [-0.2, -0.15) is 0 Å². The van der Waals surface area contributed by atoms with E-state index < -0.39 is 11.8 Å². The van der Waals surface area contributed by atoms with Gasteiger partial charge in [-0.15, -0.1) is 0 Å². The summed E-state index contributed by atoms with van der Waals surface area (Å²) in [5.74, 6) is -2.03. The van der Waals surface area contributed by atoms with Crippen LogP contribution in [0.4, 0.5) is 4.39 Å². The Morgan fingerprint density at radius 3 is 2.80 bits per heavy atom. The van der Waals surface area contributed by atoms with E-state index in [-0.39, 0.29) is 5.56 Å². The molecule has 0 bridgehead atoms. The average molecular weight is 206 g/mol. The Morgan fingerprint density at radius 1 is 1.47 bits per heavy atom. The van der Waals surface area contributed by atoms with E-state index >= 15 is 0 Å². The van der Waals surface area contributed by atoms with Crippen molar-refractivity contribution in [3.63, 3.8) is 0 Å². The van der Waals surface area contributed by atoms with Gasteiger partial charge >= 0.3 is 5.97 Å². The van der Waals surface area contributed by atoms with Crippen LogP contribution in [-0.2, 0) is 0 Å². The minimum atomic E-state index is -1.27. The van der Waals surface area contributed by atoms with Crippen LogP contribution >= 0.6 is 0 Å². The molecule has 76 valence electrons. The van der Waals surface area contributed by atoms with Gasteiger partial charge in [0.25, 0.3) is 0 Å². The molecule has 2 aromatic rings. The van der Waals surface area contributed by atoms with Crippen molar-refractivity contribution in [2.24, 2.45) is 0 Å². The average Bonchev–Trinajstić information content (AvgIpc) is 2.69. The molecule has 0 saturated carbocycles. The molecule has 0 aliphatic heterocycles. The minimum absolute atomic E-state index is 0.334. The monoisotopic (exact) mass is 206 g/mol. The molecule has 0 aliphatic carbocycles. The largest absolute Gasteiger partial charge is 0.478 e. The molecular formula is C10H7FN2O2. The van der Waals surface area contributed by atoms with Gasteiger partial charge in [-0.25, -0.2) is 14.2 Å². The Kier molecular flexibility index (Phi) is 2.21. The van der Waals surface area contributed by atoms with Gasteiger partial charge in [-0.3, -0.25) is 0 Å². The lowest BCUT2D eigenvalue weighted by Gasteiger charge is -2.03. The lowest BCUT2D eigenvalue weighted by molar-refractivity contribution is 0.0692. The van der Waals surface area contributed by atoms with E-state index in [9.17, 15) is 9.18 Å². The first-order chi connectivity index (χ1) is 7.18. The zero-order valence-electron chi connectivity index (χ0n) is 7.59. The lowest BCUT2D eigenvalue weighted by atomic mass is 10.2. The van der Waals surface area contributed by atoms with Crippen LogP contribution in [0.25, 0.3) is 5.69 Å². The molecule has 0 atom stereocenters. The Bertz CT molecular complexity index is 494. The highest BCUT2D eigenvalue weighted by molar-refractivity contribution is 5.88. The smallest absolute Gasteiger partial charge is 0.338 e. The molecular weight excluding hydrogens is 199 g/mol. The van der Waals surface area contributed by atoms with Crippen LogP contribution in [0, 0.1) is 5.82 Å². The first-order valence-electron chi connectivity index (χ1n) is 4.19. The molecule has 0 saturated heterocycles. The number of carboxylic acid groups (broad SMARTS) is 1. The molecule has 0 spiro atoms. The van der Waals surface area contributed by atoms with Gasteiger partial charge in [0.05, 0.1) is 11.9 Å². The van der Waals surface area contributed by atoms with Crippen LogP contribution < -0.4 is 0 Å². The zero-order chi connectivity index (χ0) is 10.8. The maximum absolute atomic E-state index is 13.3. The molecule has 0 fully saturated rings. The van der Waals surface area contributed by atoms with Crippen molar-refractivity contribution < 1.29 is 14.3 Å². The summed E-state index contributed by atoms with van der Waals surface area (Å²) < 4.78 is 14.9. The lowest BCUT2D eigenvalue weighted by Crippen LogP contribution is -2.01. The van der Waals surface area contributed by atoms with Crippen LogP contribution in [0.5, 0.6) is 0 Å². The van der Waals surface area contributed by atoms with E-state index in [4.69, 9.17) is 5.11 Å². The molecule has 1 aromatic heterocycles. The van der Waals surface area contributed by atoms with E-state index in [1.54, 1.807) is 17.0 Å². The fraction of sp³-hybridized carbons (Fsp3) is 0. The van der Waals surface area contributed by atoms with Crippen molar-refractivity contribution in [2.75, 3.05) is 0 Å². The first-order valence-corrected chi connectivity index (χ1v) is 4.19. The number of benzene rings is 1. The van der Waals surface area contributed by atoms with Gasteiger partial charge in [0.1, 0.15) is 5.82 Å². The zero-order valence-corrected chi connectivity index (χ0v) is 7.59. The third-order valence-corrected chi connectivity index (χ3v) is 1.99. The normalized spacial score (nSPS) is 10.2. The molecule has 0 aliphatic rings. The van der Waals surface area contributed by atoms with Crippen LogP contribution in [0.1, 0.15) is 10.4 Å². The maximum Gasteiger partial charge on any atom is 0.338 e. The molecule has 1 heterocycles. The number of aromatic carboxylic acids is 1. The highest BCUT2D eigenvalue weighted by Crippen LogP contribution is 2.13. The van der Waals surface area contributed by atoms with E-state index in [0.29, 0.717) is 5.69 Å². The first kappa shape index (κ1) is 9.39. The van der Waals surface area contributed by atoms with Gasteiger partial charge in [-0.1, -0.05) is 0 Å². The number of hydrogen-bond donors (Lipinski definition) is 1. The number of halogens is 1. The maximum atomic E-state index is 13.3. The number of hydrogen-bond acceptors (Lipinski definition) is 2. The quantitative estimate of drug-likeness (QED) is 0.813. The highest BCUT2D eigenvalue weighted by Gasteiger charge is 2.10. The molecule has 1 N–H and O–H groups in total. The second-order valence-corrected chi connectivity index (χ2v) is 2.94. The SMILES string of the molecule is O=C(O)c1ccc(-n2ccnc2)cc1F. The summed E-state index contributed by atoms with van der Waals surface area (Å²) in [5.41, 5.74) is 0.203. The van der Waals surface area contributed by atoms with Gasteiger partial charge < -0.3 is 9.67 Å². The molecule has 5 heteroatoms. The standard InChI is InChI=1S/C10H7FN2O2/c11-9-5-7(13-4-3-12-6-13)1-2-8(9)10(14)15/h1-6H,(H,14,15). The van der Waals surface area contributed by atoms with Crippen molar-refractivity contribution in [1.82, 2.24) is 9.55 Å². The summed E-state index contributed by atoms with van der Waals surface area (Å²) >= 11 is 0. The van der Waals surface area contributed by atoms with E-state index in [2.05, 4.69) is 4.98 Å². The Balaban J connectivity index is 2.47. The van der Waals surface area contributed by atoms with Crippen LogP contribution in [-0.4, -0.2) is 20.6 Å².